The van der Waals surface area contributed by atoms with Gasteiger partial charge in [-0.15, -0.1) is 0 Å². The fourth-order valence-electron chi connectivity index (χ4n) is 3.63. The first kappa shape index (κ1) is 18.6. The van der Waals surface area contributed by atoms with Crippen LogP contribution < -0.4 is 10.2 Å². The number of H-pyrrole nitrogens is 1. The minimum atomic E-state index is 0.107. The summed E-state index contributed by atoms with van der Waals surface area (Å²) in [6, 6.07) is 22.7. The second kappa shape index (κ2) is 8.07. The summed E-state index contributed by atoms with van der Waals surface area (Å²) in [6.07, 6.45) is 3.79. The van der Waals surface area contributed by atoms with Gasteiger partial charge in [-0.2, -0.15) is 5.26 Å². The van der Waals surface area contributed by atoms with Crippen LogP contribution in [0, 0.1) is 11.3 Å². The molecule has 5 nitrogen and oxygen atoms in total. The first-order valence-corrected chi connectivity index (χ1v) is 9.59. The van der Waals surface area contributed by atoms with E-state index in [0.29, 0.717) is 17.9 Å². The molecule has 0 spiro atoms. The molecule has 0 bridgehead atoms. The Balaban J connectivity index is 1.72. The molecular formula is C24H23N5. The molecule has 0 aliphatic heterocycles. The average Bonchev–Trinajstić information content (AvgIpc) is 3.18. The third-order valence-electron chi connectivity index (χ3n) is 5.21. The first-order chi connectivity index (χ1) is 14.2. The summed E-state index contributed by atoms with van der Waals surface area (Å²) in [4.78, 5) is 9.83. The Morgan fingerprint density at radius 3 is 2.62 bits per heavy atom. The van der Waals surface area contributed by atoms with E-state index in [-0.39, 0.29) is 5.92 Å². The molecular weight excluding hydrogens is 358 g/mol. The minimum Gasteiger partial charge on any atom is -0.378 e. The van der Waals surface area contributed by atoms with Gasteiger partial charge in [0.25, 0.3) is 0 Å². The number of benzene rings is 2. The summed E-state index contributed by atoms with van der Waals surface area (Å²) in [5.74, 6) is 0.723. The smallest absolute Gasteiger partial charge is 0.143 e. The van der Waals surface area contributed by atoms with E-state index < -0.39 is 0 Å². The molecule has 0 aliphatic carbocycles. The van der Waals surface area contributed by atoms with E-state index in [1.54, 1.807) is 18.3 Å². The minimum absolute atomic E-state index is 0.107. The number of nitrogens with zero attached hydrogens (tertiary/aromatic N) is 3. The van der Waals surface area contributed by atoms with Gasteiger partial charge < -0.3 is 15.2 Å². The van der Waals surface area contributed by atoms with Crippen LogP contribution in [-0.4, -0.2) is 30.6 Å². The Kier molecular flexibility index (Phi) is 5.17. The van der Waals surface area contributed by atoms with Crippen LogP contribution in [0.4, 0.5) is 11.5 Å². The third kappa shape index (κ3) is 3.78. The van der Waals surface area contributed by atoms with Crippen LogP contribution in [0.5, 0.6) is 0 Å². The zero-order valence-corrected chi connectivity index (χ0v) is 16.6. The van der Waals surface area contributed by atoms with Crippen LogP contribution in [0.25, 0.3) is 10.9 Å². The molecule has 0 aliphatic rings. The van der Waals surface area contributed by atoms with Crippen LogP contribution in [0.3, 0.4) is 0 Å². The van der Waals surface area contributed by atoms with E-state index in [9.17, 15) is 5.26 Å². The largest absolute Gasteiger partial charge is 0.378 e. The van der Waals surface area contributed by atoms with Gasteiger partial charge in [0, 0.05) is 55.5 Å². The first-order valence-electron chi connectivity index (χ1n) is 9.59. The molecule has 0 radical (unpaired) electrons. The van der Waals surface area contributed by atoms with Crippen LogP contribution in [0.1, 0.15) is 22.6 Å². The van der Waals surface area contributed by atoms with Crippen molar-refractivity contribution in [1.82, 2.24) is 9.97 Å². The van der Waals surface area contributed by atoms with Gasteiger partial charge >= 0.3 is 0 Å². The third-order valence-corrected chi connectivity index (χ3v) is 5.21. The van der Waals surface area contributed by atoms with Gasteiger partial charge in [-0.25, -0.2) is 4.98 Å². The Bertz CT molecular complexity index is 1150. The van der Waals surface area contributed by atoms with Gasteiger partial charge in [-0.3, -0.25) is 0 Å². The lowest BCUT2D eigenvalue weighted by Crippen LogP contribution is -2.16. The summed E-state index contributed by atoms with van der Waals surface area (Å²) in [6.45, 7) is 0.634. The molecule has 0 saturated carbocycles. The molecule has 2 N–H and O–H groups in total. The maximum absolute atomic E-state index is 9.37. The number of pyridine rings is 1. The predicted molar refractivity (Wildman–Crippen MR) is 118 cm³/mol. The van der Waals surface area contributed by atoms with E-state index in [1.165, 1.54) is 16.5 Å². The maximum atomic E-state index is 9.37. The van der Waals surface area contributed by atoms with Crippen LogP contribution >= 0.6 is 0 Å². The fourth-order valence-corrected chi connectivity index (χ4v) is 3.63. The molecule has 0 saturated heterocycles. The van der Waals surface area contributed by atoms with Gasteiger partial charge in [0.1, 0.15) is 11.9 Å². The van der Waals surface area contributed by atoms with Crippen molar-refractivity contribution in [3.63, 3.8) is 0 Å². The van der Waals surface area contributed by atoms with Crippen LogP contribution in [0.15, 0.2) is 73.1 Å². The normalized spacial score (nSPS) is 11.8. The number of nitriles is 1. The molecule has 0 fully saturated rings. The van der Waals surface area contributed by atoms with Crippen molar-refractivity contribution in [3.8, 4) is 6.07 Å². The SMILES string of the molecule is CN(C)c1ccc(C(CNc2ncccc2C#N)c2c[nH]c3ccccc23)cc1. The van der Waals surface area contributed by atoms with Crippen molar-refractivity contribution in [1.29, 1.82) is 5.26 Å². The molecule has 4 rings (SSSR count). The van der Waals surface area contributed by atoms with E-state index in [0.717, 1.165) is 11.2 Å². The highest BCUT2D eigenvalue weighted by atomic mass is 15.1. The summed E-state index contributed by atoms with van der Waals surface area (Å²) < 4.78 is 0. The van der Waals surface area contributed by atoms with Crippen molar-refractivity contribution in [3.05, 3.63) is 89.7 Å². The molecule has 2 aromatic heterocycles. The lowest BCUT2D eigenvalue weighted by Gasteiger charge is -2.20. The van der Waals surface area contributed by atoms with E-state index in [2.05, 4.69) is 74.9 Å². The molecule has 144 valence electrons. The second-order valence-corrected chi connectivity index (χ2v) is 7.22. The highest BCUT2D eigenvalue weighted by molar-refractivity contribution is 5.84. The fraction of sp³-hybridized carbons (Fsp3) is 0.167. The van der Waals surface area contributed by atoms with E-state index in [1.807, 2.05) is 20.2 Å². The Labute approximate surface area is 170 Å². The van der Waals surface area contributed by atoms with Crippen molar-refractivity contribution in [2.75, 3.05) is 30.9 Å². The summed E-state index contributed by atoms with van der Waals surface area (Å²) >= 11 is 0. The number of para-hydroxylation sites is 1. The van der Waals surface area contributed by atoms with Gasteiger partial charge in [-0.1, -0.05) is 30.3 Å². The van der Waals surface area contributed by atoms with Crippen molar-refractivity contribution >= 4 is 22.4 Å². The number of fused-ring (bicyclic) bond motifs is 1. The predicted octanol–water partition coefficient (Wildman–Crippen LogP) is 4.74. The lowest BCUT2D eigenvalue weighted by molar-refractivity contribution is 0.854. The van der Waals surface area contributed by atoms with E-state index in [4.69, 9.17) is 0 Å². The highest BCUT2D eigenvalue weighted by Crippen LogP contribution is 2.32. The molecule has 1 unspecified atom stereocenters. The summed E-state index contributed by atoms with van der Waals surface area (Å²) in [7, 11) is 4.08. The summed E-state index contributed by atoms with van der Waals surface area (Å²) in [5.41, 5.74) is 5.26. The van der Waals surface area contributed by atoms with E-state index >= 15 is 0 Å². The van der Waals surface area contributed by atoms with Crippen LogP contribution in [-0.2, 0) is 0 Å². The zero-order valence-electron chi connectivity index (χ0n) is 16.6. The number of aromatic amines is 1. The molecule has 2 heterocycles. The number of hydrogen-bond donors (Lipinski definition) is 2. The lowest BCUT2D eigenvalue weighted by atomic mass is 9.90. The van der Waals surface area contributed by atoms with Gasteiger partial charge in [0.2, 0.25) is 0 Å². The quantitative estimate of drug-likeness (QED) is 0.506. The average molecular weight is 381 g/mol. The monoisotopic (exact) mass is 381 g/mol. The molecule has 4 aromatic rings. The van der Waals surface area contributed by atoms with Crippen molar-refractivity contribution in [2.24, 2.45) is 0 Å². The van der Waals surface area contributed by atoms with Crippen LogP contribution in [0.2, 0.25) is 0 Å². The number of anilines is 2. The molecule has 5 heteroatoms. The highest BCUT2D eigenvalue weighted by Gasteiger charge is 2.19. The molecule has 1 atom stereocenters. The number of nitrogens with one attached hydrogen (secondary N) is 2. The standard InChI is InChI=1S/C24H23N5/c1-29(2)19-11-9-17(10-12-19)21(15-28-24-18(14-25)6-5-13-26-24)22-16-27-23-8-4-3-7-20(22)23/h3-13,16,21,27H,15H2,1-2H3,(H,26,28). The van der Waals surface area contributed by atoms with Gasteiger partial charge in [0.05, 0.1) is 5.56 Å². The number of aromatic nitrogens is 2. The maximum Gasteiger partial charge on any atom is 0.143 e. The molecule has 2 aromatic carbocycles. The molecule has 0 amide bonds. The Morgan fingerprint density at radius 2 is 1.86 bits per heavy atom. The number of rotatable bonds is 6. The van der Waals surface area contributed by atoms with Crippen molar-refractivity contribution < 1.29 is 0 Å². The van der Waals surface area contributed by atoms with Gasteiger partial charge in [0.15, 0.2) is 0 Å². The topological polar surface area (TPSA) is 67.7 Å². The number of hydrogen-bond acceptors (Lipinski definition) is 4. The summed E-state index contributed by atoms with van der Waals surface area (Å²) in [5, 5.41) is 14.0. The second-order valence-electron chi connectivity index (χ2n) is 7.22. The van der Waals surface area contributed by atoms with Gasteiger partial charge in [-0.05, 0) is 41.5 Å². The zero-order chi connectivity index (χ0) is 20.2. The Hall–Kier alpha value is -3.78. The van der Waals surface area contributed by atoms with Crippen molar-refractivity contribution in [2.45, 2.75) is 5.92 Å². The molecule has 29 heavy (non-hydrogen) atoms. The Morgan fingerprint density at radius 1 is 1.07 bits per heavy atom.